The summed E-state index contributed by atoms with van der Waals surface area (Å²) in [6, 6.07) is 4.38. The van der Waals surface area contributed by atoms with Crippen LogP contribution in [0.15, 0.2) is 24.3 Å². The second-order valence-electron chi connectivity index (χ2n) is 4.35. The van der Waals surface area contributed by atoms with E-state index in [-0.39, 0.29) is 5.56 Å². The minimum absolute atomic E-state index is 0.0924. The van der Waals surface area contributed by atoms with E-state index in [1.54, 1.807) is 0 Å². The molecule has 0 aromatic heterocycles. The molecule has 0 fully saturated rings. The Morgan fingerprint density at radius 2 is 1.72 bits per heavy atom. The molecule has 0 bridgehead atoms. The van der Waals surface area contributed by atoms with E-state index in [0.717, 1.165) is 12.1 Å². The summed E-state index contributed by atoms with van der Waals surface area (Å²) in [5.74, 6) is -1.20. The second kappa shape index (κ2) is 4.61. The monoisotopic (exact) mass is 261 g/mol. The van der Waals surface area contributed by atoms with Crippen molar-refractivity contribution in [3.05, 3.63) is 35.4 Å². The molecule has 1 rings (SSSR count). The van der Waals surface area contributed by atoms with Gasteiger partial charge in [-0.3, -0.25) is 4.90 Å². The zero-order valence-electron chi connectivity index (χ0n) is 10.2. The van der Waals surface area contributed by atoms with Crippen LogP contribution in [0.5, 0.6) is 0 Å². The molecule has 0 spiro atoms. The molecule has 18 heavy (non-hydrogen) atoms. The number of hydrogen-bond acceptors (Lipinski definition) is 2. The molecule has 0 aliphatic heterocycles. The Kier molecular flexibility index (Phi) is 3.71. The number of alkyl halides is 3. The zero-order chi connectivity index (χ0) is 14.1. The SMILES string of the molecule is CN(C)[C@](C)(C(=O)O)c1cccc(C(F)(F)F)c1. The van der Waals surface area contributed by atoms with Gasteiger partial charge in [0.05, 0.1) is 5.56 Å². The van der Waals surface area contributed by atoms with Crippen LogP contribution in [0.25, 0.3) is 0 Å². The van der Waals surface area contributed by atoms with E-state index in [4.69, 9.17) is 0 Å². The summed E-state index contributed by atoms with van der Waals surface area (Å²) < 4.78 is 37.8. The van der Waals surface area contributed by atoms with Crippen LogP contribution in [0.1, 0.15) is 18.1 Å². The first-order valence-corrected chi connectivity index (χ1v) is 5.18. The van der Waals surface area contributed by atoms with Gasteiger partial charge in [0.1, 0.15) is 5.54 Å². The number of benzene rings is 1. The summed E-state index contributed by atoms with van der Waals surface area (Å²) in [6.45, 7) is 1.37. The third-order valence-electron chi connectivity index (χ3n) is 3.06. The number of carboxylic acids is 1. The van der Waals surface area contributed by atoms with Crippen LogP contribution in [-0.4, -0.2) is 30.1 Å². The van der Waals surface area contributed by atoms with Crippen molar-refractivity contribution in [2.45, 2.75) is 18.6 Å². The number of likely N-dealkylation sites (N-methyl/N-ethyl adjacent to an activating group) is 1. The number of halogens is 3. The normalized spacial score (nSPS) is 15.5. The lowest BCUT2D eigenvalue weighted by atomic mass is 9.89. The van der Waals surface area contributed by atoms with Crippen molar-refractivity contribution in [1.82, 2.24) is 4.90 Å². The maximum absolute atomic E-state index is 12.6. The lowest BCUT2D eigenvalue weighted by molar-refractivity contribution is -0.150. The van der Waals surface area contributed by atoms with Gasteiger partial charge in [-0.1, -0.05) is 12.1 Å². The second-order valence-corrected chi connectivity index (χ2v) is 4.35. The minimum Gasteiger partial charge on any atom is -0.480 e. The molecule has 1 aromatic rings. The van der Waals surface area contributed by atoms with Crippen LogP contribution in [-0.2, 0) is 16.5 Å². The summed E-state index contributed by atoms with van der Waals surface area (Å²) in [5.41, 5.74) is -2.26. The number of hydrogen-bond donors (Lipinski definition) is 1. The van der Waals surface area contributed by atoms with E-state index in [2.05, 4.69) is 0 Å². The van der Waals surface area contributed by atoms with Gasteiger partial charge in [0.2, 0.25) is 0 Å². The van der Waals surface area contributed by atoms with Crippen molar-refractivity contribution in [3.8, 4) is 0 Å². The molecule has 0 amide bonds. The number of carboxylic acid groups (broad SMARTS) is 1. The topological polar surface area (TPSA) is 40.5 Å². The third-order valence-corrected chi connectivity index (χ3v) is 3.06. The van der Waals surface area contributed by atoms with Gasteiger partial charge >= 0.3 is 12.1 Å². The highest BCUT2D eigenvalue weighted by Crippen LogP contribution is 2.33. The van der Waals surface area contributed by atoms with Gasteiger partial charge < -0.3 is 5.11 Å². The lowest BCUT2D eigenvalue weighted by Gasteiger charge is -2.32. The molecule has 0 saturated heterocycles. The number of aliphatic carboxylic acids is 1. The Labute approximate surface area is 103 Å². The van der Waals surface area contributed by atoms with E-state index in [1.807, 2.05) is 0 Å². The summed E-state index contributed by atoms with van der Waals surface area (Å²) >= 11 is 0. The molecule has 0 aliphatic rings. The molecule has 0 saturated carbocycles. The Bertz CT molecular complexity index is 457. The van der Waals surface area contributed by atoms with Gasteiger partial charge in [-0.05, 0) is 38.7 Å². The number of carbonyl (C=O) groups is 1. The van der Waals surface area contributed by atoms with E-state index >= 15 is 0 Å². The average molecular weight is 261 g/mol. The first kappa shape index (κ1) is 14.5. The van der Waals surface area contributed by atoms with Crippen molar-refractivity contribution in [1.29, 1.82) is 0 Å². The Morgan fingerprint density at radius 1 is 1.22 bits per heavy atom. The molecule has 1 aromatic carbocycles. The fraction of sp³-hybridized carbons (Fsp3) is 0.417. The molecule has 0 radical (unpaired) electrons. The third kappa shape index (κ3) is 2.48. The largest absolute Gasteiger partial charge is 0.480 e. The standard InChI is InChI=1S/C12H14F3NO2/c1-11(10(17)18,16(2)3)8-5-4-6-9(7-8)12(13,14)15/h4-7H,1-3H3,(H,17,18)/t11-/m0/s1. The van der Waals surface area contributed by atoms with Crippen molar-refractivity contribution in [2.24, 2.45) is 0 Å². The van der Waals surface area contributed by atoms with E-state index < -0.39 is 23.2 Å². The van der Waals surface area contributed by atoms with E-state index in [0.29, 0.717) is 0 Å². The van der Waals surface area contributed by atoms with Crippen LogP contribution in [0.3, 0.4) is 0 Å². The number of nitrogens with zero attached hydrogens (tertiary/aromatic N) is 1. The quantitative estimate of drug-likeness (QED) is 0.909. The average Bonchev–Trinajstić information content (AvgIpc) is 2.26. The lowest BCUT2D eigenvalue weighted by Crippen LogP contribution is -2.45. The van der Waals surface area contributed by atoms with Crippen molar-refractivity contribution < 1.29 is 23.1 Å². The molecule has 0 heterocycles. The summed E-state index contributed by atoms with van der Waals surface area (Å²) in [4.78, 5) is 12.7. The van der Waals surface area contributed by atoms with Gasteiger partial charge in [-0.25, -0.2) is 4.79 Å². The predicted molar refractivity (Wildman–Crippen MR) is 60.1 cm³/mol. The van der Waals surface area contributed by atoms with E-state index in [9.17, 15) is 23.1 Å². The molecule has 0 aliphatic carbocycles. The molecular weight excluding hydrogens is 247 g/mol. The summed E-state index contributed by atoms with van der Waals surface area (Å²) in [5, 5.41) is 9.23. The number of rotatable bonds is 3. The molecular formula is C12H14F3NO2. The smallest absolute Gasteiger partial charge is 0.416 e. The van der Waals surface area contributed by atoms with Crippen molar-refractivity contribution >= 4 is 5.97 Å². The first-order chi connectivity index (χ1) is 8.10. The Morgan fingerprint density at radius 3 is 2.11 bits per heavy atom. The Balaban J connectivity index is 3.36. The summed E-state index contributed by atoms with van der Waals surface area (Å²) in [7, 11) is 3.02. The zero-order valence-corrected chi connectivity index (χ0v) is 10.2. The Hall–Kier alpha value is -1.56. The highest BCUT2D eigenvalue weighted by molar-refractivity contribution is 5.80. The van der Waals surface area contributed by atoms with Crippen LogP contribution in [0.2, 0.25) is 0 Å². The maximum Gasteiger partial charge on any atom is 0.416 e. The fourth-order valence-corrected chi connectivity index (χ4v) is 1.57. The molecule has 3 nitrogen and oxygen atoms in total. The highest BCUT2D eigenvalue weighted by atomic mass is 19.4. The van der Waals surface area contributed by atoms with Gasteiger partial charge in [0.25, 0.3) is 0 Å². The van der Waals surface area contributed by atoms with Gasteiger partial charge in [0.15, 0.2) is 0 Å². The van der Waals surface area contributed by atoms with Gasteiger partial charge in [0, 0.05) is 0 Å². The maximum atomic E-state index is 12.6. The summed E-state index contributed by atoms with van der Waals surface area (Å²) in [6.07, 6.45) is -4.48. The molecule has 1 N–H and O–H groups in total. The molecule has 1 atom stereocenters. The molecule has 100 valence electrons. The van der Waals surface area contributed by atoms with Gasteiger partial charge in [-0.15, -0.1) is 0 Å². The van der Waals surface area contributed by atoms with Crippen LogP contribution < -0.4 is 0 Å². The molecule has 0 unspecified atom stereocenters. The van der Waals surface area contributed by atoms with E-state index in [1.165, 1.54) is 38.1 Å². The first-order valence-electron chi connectivity index (χ1n) is 5.18. The van der Waals surface area contributed by atoms with Crippen LogP contribution in [0, 0.1) is 0 Å². The highest BCUT2D eigenvalue weighted by Gasteiger charge is 2.39. The van der Waals surface area contributed by atoms with Gasteiger partial charge in [-0.2, -0.15) is 13.2 Å². The van der Waals surface area contributed by atoms with Crippen LogP contribution in [0.4, 0.5) is 13.2 Å². The molecule has 6 heteroatoms. The van der Waals surface area contributed by atoms with Crippen molar-refractivity contribution in [2.75, 3.05) is 14.1 Å². The predicted octanol–water partition coefficient (Wildman–Crippen LogP) is 2.57. The van der Waals surface area contributed by atoms with Crippen LogP contribution >= 0.6 is 0 Å². The van der Waals surface area contributed by atoms with Crippen molar-refractivity contribution in [3.63, 3.8) is 0 Å². The minimum atomic E-state index is -4.48. The fourth-order valence-electron chi connectivity index (χ4n) is 1.57.